The Labute approximate surface area is 192 Å². The maximum Gasteiger partial charge on any atom is 0.261 e. The number of sulfonamides is 1. The summed E-state index contributed by atoms with van der Waals surface area (Å²) >= 11 is 0. The van der Waals surface area contributed by atoms with E-state index in [4.69, 9.17) is 4.74 Å². The number of anilines is 1. The summed E-state index contributed by atoms with van der Waals surface area (Å²) in [6.45, 7) is 0.420. The monoisotopic (exact) mass is 455 g/mol. The van der Waals surface area contributed by atoms with Crippen LogP contribution in [0.5, 0.6) is 5.75 Å². The average molecular weight is 456 g/mol. The van der Waals surface area contributed by atoms with Crippen LogP contribution in [0.3, 0.4) is 0 Å². The third-order valence-corrected chi connectivity index (χ3v) is 6.58. The molecule has 5 rings (SSSR count). The summed E-state index contributed by atoms with van der Waals surface area (Å²) in [6, 6.07) is 29.1. The van der Waals surface area contributed by atoms with E-state index in [0.29, 0.717) is 18.0 Å². The number of imidazole rings is 1. The van der Waals surface area contributed by atoms with Crippen LogP contribution in [0.15, 0.2) is 114 Å². The number of ether oxygens (including phenoxy) is 1. The average Bonchev–Trinajstić information content (AvgIpc) is 3.28. The summed E-state index contributed by atoms with van der Waals surface area (Å²) in [6.07, 6.45) is 3.88. The van der Waals surface area contributed by atoms with Crippen LogP contribution < -0.4 is 9.46 Å². The van der Waals surface area contributed by atoms with Crippen molar-refractivity contribution in [3.05, 3.63) is 115 Å². The fraction of sp³-hybridized carbons (Fsp3) is 0.0385. The Morgan fingerprint density at radius 2 is 1.55 bits per heavy atom. The molecule has 164 valence electrons. The number of rotatable bonds is 7. The first-order valence-corrected chi connectivity index (χ1v) is 11.9. The van der Waals surface area contributed by atoms with E-state index < -0.39 is 10.0 Å². The molecular weight excluding hydrogens is 434 g/mol. The molecule has 0 spiro atoms. The smallest absolute Gasteiger partial charge is 0.261 e. The van der Waals surface area contributed by atoms with E-state index in [0.717, 1.165) is 22.5 Å². The predicted octanol–water partition coefficient (Wildman–Crippen LogP) is 5.38. The van der Waals surface area contributed by atoms with Crippen LogP contribution in [0.1, 0.15) is 5.56 Å². The summed E-state index contributed by atoms with van der Waals surface area (Å²) in [5, 5.41) is 0. The lowest BCUT2D eigenvalue weighted by Gasteiger charge is -2.10. The summed E-state index contributed by atoms with van der Waals surface area (Å²) in [7, 11) is -3.72. The molecule has 2 heterocycles. The second-order valence-corrected chi connectivity index (χ2v) is 9.20. The molecule has 0 amide bonds. The highest BCUT2D eigenvalue weighted by molar-refractivity contribution is 7.92. The summed E-state index contributed by atoms with van der Waals surface area (Å²) in [5.74, 6) is 0.606. The van der Waals surface area contributed by atoms with E-state index in [1.54, 1.807) is 24.3 Å². The highest BCUT2D eigenvalue weighted by Gasteiger charge is 2.14. The molecule has 5 aromatic rings. The second-order valence-electron chi connectivity index (χ2n) is 7.52. The van der Waals surface area contributed by atoms with Gasteiger partial charge in [0.05, 0.1) is 10.6 Å². The number of hydrogen-bond donors (Lipinski definition) is 1. The van der Waals surface area contributed by atoms with Crippen molar-refractivity contribution < 1.29 is 13.2 Å². The third kappa shape index (κ3) is 4.73. The highest BCUT2D eigenvalue weighted by Crippen LogP contribution is 2.24. The highest BCUT2D eigenvalue weighted by atomic mass is 32.2. The number of fused-ring (bicyclic) bond motifs is 1. The van der Waals surface area contributed by atoms with Crippen molar-refractivity contribution in [3.8, 4) is 17.0 Å². The van der Waals surface area contributed by atoms with Crippen molar-refractivity contribution in [2.75, 3.05) is 4.72 Å². The van der Waals surface area contributed by atoms with E-state index in [1.807, 2.05) is 77.5 Å². The van der Waals surface area contributed by atoms with Gasteiger partial charge in [-0.25, -0.2) is 13.4 Å². The predicted molar refractivity (Wildman–Crippen MR) is 129 cm³/mol. The van der Waals surface area contributed by atoms with Crippen molar-refractivity contribution in [2.24, 2.45) is 0 Å². The zero-order valence-electron chi connectivity index (χ0n) is 17.6. The lowest BCUT2D eigenvalue weighted by molar-refractivity contribution is 0.306. The Bertz CT molecular complexity index is 1440. The van der Waals surface area contributed by atoms with Crippen LogP contribution in [-0.4, -0.2) is 17.8 Å². The van der Waals surface area contributed by atoms with Gasteiger partial charge in [0.25, 0.3) is 10.0 Å². The number of benzene rings is 3. The number of nitrogens with zero attached hydrogens (tertiary/aromatic N) is 2. The normalized spacial score (nSPS) is 11.4. The summed E-state index contributed by atoms with van der Waals surface area (Å²) < 4.78 is 35.9. The van der Waals surface area contributed by atoms with Gasteiger partial charge in [-0.1, -0.05) is 48.5 Å². The number of aromatic nitrogens is 2. The van der Waals surface area contributed by atoms with Gasteiger partial charge in [0.1, 0.15) is 18.0 Å². The molecule has 3 aromatic carbocycles. The number of nitrogens with one attached hydrogen (secondary N) is 1. The molecule has 7 heteroatoms. The van der Waals surface area contributed by atoms with Gasteiger partial charge in [0.15, 0.2) is 0 Å². The van der Waals surface area contributed by atoms with Gasteiger partial charge in [-0.05, 0) is 54.1 Å². The van der Waals surface area contributed by atoms with Crippen LogP contribution in [0.25, 0.3) is 16.9 Å². The molecule has 0 saturated heterocycles. The zero-order chi connectivity index (χ0) is 22.7. The maximum absolute atomic E-state index is 12.8. The van der Waals surface area contributed by atoms with E-state index >= 15 is 0 Å². The molecule has 0 aliphatic rings. The molecule has 0 saturated carbocycles. The van der Waals surface area contributed by atoms with Crippen LogP contribution in [0, 0.1) is 0 Å². The van der Waals surface area contributed by atoms with Crippen LogP contribution in [0.2, 0.25) is 0 Å². The lowest BCUT2D eigenvalue weighted by atomic mass is 10.1. The molecule has 0 aliphatic heterocycles. The van der Waals surface area contributed by atoms with E-state index in [1.165, 1.54) is 12.1 Å². The molecule has 33 heavy (non-hydrogen) atoms. The van der Waals surface area contributed by atoms with Crippen LogP contribution in [0.4, 0.5) is 5.69 Å². The third-order valence-electron chi connectivity index (χ3n) is 5.18. The Balaban J connectivity index is 1.26. The second kappa shape index (κ2) is 8.80. The van der Waals surface area contributed by atoms with Gasteiger partial charge >= 0.3 is 0 Å². The Morgan fingerprint density at radius 3 is 2.27 bits per heavy atom. The fourth-order valence-electron chi connectivity index (χ4n) is 3.45. The lowest BCUT2D eigenvalue weighted by Crippen LogP contribution is -2.12. The van der Waals surface area contributed by atoms with Gasteiger partial charge < -0.3 is 9.14 Å². The molecule has 1 N–H and O–H groups in total. The van der Waals surface area contributed by atoms with Crippen molar-refractivity contribution in [1.82, 2.24) is 9.38 Å². The van der Waals surface area contributed by atoms with E-state index in [-0.39, 0.29) is 4.90 Å². The summed E-state index contributed by atoms with van der Waals surface area (Å²) in [4.78, 5) is 4.76. The molecule has 0 atom stereocenters. The molecule has 2 aromatic heterocycles. The molecular formula is C26H21N3O3S. The van der Waals surface area contributed by atoms with Crippen LogP contribution in [-0.2, 0) is 16.6 Å². The number of pyridine rings is 1. The van der Waals surface area contributed by atoms with Crippen molar-refractivity contribution in [2.45, 2.75) is 11.5 Å². The first-order chi connectivity index (χ1) is 16.1. The zero-order valence-corrected chi connectivity index (χ0v) is 18.4. The van der Waals surface area contributed by atoms with Gasteiger partial charge in [-0.15, -0.1) is 0 Å². The Hall–Kier alpha value is -4.10. The molecule has 0 bridgehead atoms. The van der Waals surface area contributed by atoms with Crippen molar-refractivity contribution in [1.29, 1.82) is 0 Å². The number of hydrogen-bond acceptors (Lipinski definition) is 4. The van der Waals surface area contributed by atoms with Gasteiger partial charge in [-0.2, -0.15) is 0 Å². The van der Waals surface area contributed by atoms with Gasteiger partial charge in [0.2, 0.25) is 0 Å². The topological polar surface area (TPSA) is 72.7 Å². The van der Waals surface area contributed by atoms with E-state index in [9.17, 15) is 8.42 Å². The molecule has 0 aliphatic carbocycles. The van der Waals surface area contributed by atoms with Crippen molar-refractivity contribution >= 4 is 21.4 Å². The molecule has 6 nitrogen and oxygen atoms in total. The summed E-state index contributed by atoms with van der Waals surface area (Å²) in [5.41, 5.74) is 4.10. The minimum Gasteiger partial charge on any atom is -0.489 e. The molecule has 0 fully saturated rings. The Kier molecular flexibility index (Phi) is 5.54. The fourth-order valence-corrected chi connectivity index (χ4v) is 4.51. The quantitative estimate of drug-likeness (QED) is 0.358. The Morgan fingerprint density at radius 1 is 0.818 bits per heavy atom. The first-order valence-electron chi connectivity index (χ1n) is 10.4. The minimum atomic E-state index is -3.72. The molecule has 0 radical (unpaired) electrons. The van der Waals surface area contributed by atoms with Crippen LogP contribution >= 0.6 is 0 Å². The molecule has 0 unspecified atom stereocenters. The van der Waals surface area contributed by atoms with Gasteiger partial charge in [0, 0.05) is 23.6 Å². The maximum atomic E-state index is 12.8. The largest absolute Gasteiger partial charge is 0.489 e. The van der Waals surface area contributed by atoms with Crippen molar-refractivity contribution in [3.63, 3.8) is 0 Å². The standard InChI is InChI=1S/C26H21N3O3S/c30-33(31,24-15-13-23(14-16-24)32-19-20-6-2-1-3-7-20)28-22-11-9-21(10-12-22)25-18-29-17-5-4-8-26(29)27-25/h1-18,28H,19H2. The SMILES string of the molecule is O=S(=O)(Nc1ccc(-c2cn3ccccc3n2)cc1)c1ccc(OCc2ccccc2)cc1. The minimum absolute atomic E-state index is 0.166. The van der Waals surface area contributed by atoms with E-state index in [2.05, 4.69) is 9.71 Å². The van der Waals surface area contributed by atoms with Gasteiger partial charge in [-0.3, -0.25) is 4.72 Å². The first kappa shape index (κ1) is 20.8.